The largest absolute Gasteiger partial charge is 0.465 e. The van der Waals surface area contributed by atoms with Gasteiger partial charge in [-0.25, -0.2) is 22.0 Å². The molecular formula is C34H40F2N4O6S. The summed E-state index contributed by atoms with van der Waals surface area (Å²) in [5.74, 6) is -2.55. The number of ether oxygens (including phenoxy) is 1. The number of amides is 2. The van der Waals surface area contributed by atoms with Crippen LogP contribution in [0.5, 0.6) is 0 Å². The number of hydrogen-bond acceptors (Lipinski definition) is 6. The normalized spacial score (nSPS) is 20.7. The summed E-state index contributed by atoms with van der Waals surface area (Å²) in [6, 6.07) is 15.9. The molecule has 0 aliphatic carbocycles. The van der Waals surface area contributed by atoms with Crippen LogP contribution in [0.25, 0.3) is 0 Å². The standard InChI is InChI=1S/C34H40F2N4O6S/c1-22-20-37-21-26(40(22)47(44,45)27-6-3-2-4-7-27)14-15-28-29(36)8-5-9-30(28)38-33(41)32(39-34(42)43)31(24-16-18-46-19-17-24)23-10-12-25(35)13-11-23/h2-13,22,24,26,31-32,37,39H,14-21H2,1H3,(H,38,41)(H,42,43)/t22-,26-,31-,32-/m0/s1. The Balaban J connectivity index is 1.41. The third kappa shape index (κ3) is 8.15. The van der Waals surface area contributed by atoms with E-state index in [-0.39, 0.29) is 40.9 Å². The molecule has 0 aromatic heterocycles. The van der Waals surface area contributed by atoms with E-state index < -0.39 is 51.7 Å². The van der Waals surface area contributed by atoms with Crippen LogP contribution in [0.2, 0.25) is 0 Å². The number of rotatable bonds is 11. The minimum Gasteiger partial charge on any atom is -0.465 e. The van der Waals surface area contributed by atoms with Crippen molar-refractivity contribution in [2.24, 2.45) is 5.92 Å². The number of anilines is 1. The van der Waals surface area contributed by atoms with E-state index in [1.54, 1.807) is 42.5 Å². The monoisotopic (exact) mass is 670 g/mol. The zero-order chi connectivity index (χ0) is 33.6. The minimum absolute atomic E-state index is 0.0978. The number of nitrogens with zero attached hydrogens (tertiary/aromatic N) is 1. The molecule has 2 aliphatic heterocycles. The molecule has 4 N–H and O–H groups in total. The Labute approximate surface area is 273 Å². The van der Waals surface area contributed by atoms with Gasteiger partial charge in [-0.1, -0.05) is 36.4 Å². The molecule has 0 saturated carbocycles. The molecule has 2 fully saturated rings. The van der Waals surface area contributed by atoms with Crippen LogP contribution in [0.15, 0.2) is 77.7 Å². The van der Waals surface area contributed by atoms with E-state index in [2.05, 4.69) is 16.0 Å². The number of benzene rings is 3. The van der Waals surface area contributed by atoms with Crippen molar-refractivity contribution in [2.45, 2.75) is 61.5 Å². The van der Waals surface area contributed by atoms with Gasteiger partial charge in [-0.2, -0.15) is 4.31 Å². The summed E-state index contributed by atoms with van der Waals surface area (Å²) in [6.45, 7) is 3.51. The fraction of sp³-hybridized carbons (Fsp3) is 0.412. The first kappa shape index (κ1) is 34.4. The number of sulfonamides is 1. The van der Waals surface area contributed by atoms with Crippen molar-refractivity contribution in [3.05, 3.63) is 95.6 Å². The van der Waals surface area contributed by atoms with E-state index in [1.165, 1.54) is 34.6 Å². The zero-order valence-electron chi connectivity index (χ0n) is 26.1. The molecule has 0 radical (unpaired) electrons. The Morgan fingerprint density at radius 3 is 2.38 bits per heavy atom. The van der Waals surface area contributed by atoms with Gasteiger partial charge in [0.25, 0.3) is 0 Å². The van der Waals surface area contributed by atoms with Gasteiger partial charge < -0.3 is 25.8 Å². The highest BCUT2D eigenvalue weighted by Gasteiger charge is 2.39. The summed E-state index contributed by atoms with van der Waals surface area (Å²) in [5.41, 5.74) is 0.922. The van der Waals surface area contributed by atoms with Crippen molar-refractivity contribution in [3.8, 4) is 0 Å². The molecule has 2 heterocycles. The fourth-order valence-corrected chi connectivity index (χ4v) is 8.64. The molecule has 0 bridgehead atoms. The van der Waals surface area contributed by atoms with E-state index >= 15 is 4.39 Å². The number of halogens is 2. The van der Waals surface area contributed by atoms with Gasteiger partial charge in [-0.15, -0.1) is 0 Å². The molecule has 0 spiro atoms. The van der Waals surface area contributed by atoms with Gasteiger partial charge in [-0.3, -0.25) is 4.79 Å². The van der Waals surface area contributed by atoms with Crippen molar-refractivity contribution in [2.75, 3.05) is 31.6 Å². The second-order valence-electron chi connectivity index (χ2n) is 12.1. The van der Waals surface area contributed by atoms with Crippen LogP contribution in [0.4, 0.5) is 19.3 Å². The maximum atomic E-state index is 15.4. The van der Waals surface area contributed by atoms with Crippen LogP contribution in [0.3, 0.4) is 0 Å². The molecule has 47 heavy (non-hydrogen) atoms. The highest BCUT2D eigenvalue weighted by Crippen LogP contribution is 2.36. The summed E-state index contributed by atoms with van der Waals surface area (Å²) < 4.78 is 63.6. The summed E-state index contributed by atoms with van der Waals surface area (Å²) in [4.78, 5) is 26.1. The van der Waals surface area contributed by atoms with Gasteiger partial charge in [-0.05, 0) is 80.5 Å². The van der Waals surface area contributed by atoms with E-state index in [0.717, 1.165) is 0 Å². The van der Waals surface area contributed by atoms with Gasteiger partial charge in [0, 0.05) is 55.6 Å². The van der Waals surface area contributed by atoms with Crippen LogP contribution in [-0.4, -0.2) is 74.3 Å². The van der Waals surface area contributed by atoms with E-state index in [4.69, 9.17) is 4.74 Å². The van der Waals surface area contributed by atoms with Crippen molar-refractivity contribution >= 4 is 27.7 Å². The fourth-order valence-electron chi connectivity index (χ4n) is 6.77. The molecule has 2 saturated heterocycles. The average Bonchev–Trinajstić information content (AvgIpc) is 3.05. The lowest BCUT2D eigenvalue weighted by Crippen LogP contribution is -2.58. The number of carboxylic acid groups (broad SMARTS) is 1. The first-order chi connectivity index (χ1) is 22.6. The van der Waals surface area contributed by atoms with Gasteiger partial charge in [0.05, 0.1) is 4.90 Å². The molecule has 252 valence electrons. The van der Waals surface area contributed by atoms with Crippen LogP contribution in [0, 0.1) is 17.6 Å². The molecule has 2 amide bonds. The highest BCUT2D eigenvalue weighted by molar-refractivity contribution is 7.89. The molecule has 0 unspecified atom stereocenters. The minimum atomic E-state index is -3.84. The molecule has 10 nitrogen and oxygen atoms in total. The molecule has 13 heteroatoms. The van der Waals surface area contributed by atoms with Crippen molar-refractivity contribution in [3.63, 3.8) is 0 Å². The lowest BCUT2D eigenvalue weighted by atomic mass is 9.76. The second kappa shape index (κ2) is 15.3. The predicted octanol–water partition coefficient (Wildman–Crippen LogP) is 4.73. The van der Waals surface area contributed by atoms with Gasteiger partial charge in [0.2, 0.25) is 15.9 Å². The lowest BCUT2D eigenvalue weighted by Gasteiger charge is -2.40. The van der Waals surface area contributed by atoms with E-state index in [9.17, 15) is 27.5 Å². The number of hydrogen-bond donors (Lipinski definition) is 4. The van der Waals surface area contributed by atoms with Gasteiger partial charge in [0.15, 0.2) is 0 Å². The summed E-state index contributed by atoms with van der Waals surface area (Å²) in [7, 11) is -3.84. The van der Waals surface area contributed by atoms with Crippen molar-refractivity contribution < 1.29 is 36.6 Å². The summed E-state index contributed by atoms with van der Waals surface area (Å²) >= 11 is 0. The maximum absolute atomic E-state index is 15.4. The van der Waals surface area contributed by atoms with Gasteiger partial charge >= 0.3 is 6.09 Å². The number of carbonyl (C=O) groups is 2. The summed E-state index contributed by atoms with van der Waals surface area (Å²) in [5, 5.41) is 18.2. The number of nitrogens with one attached hydrogen (secondary N) is 3. The predicted molar refractivity (Wildman–Crippen MR) is 173 cm³/mol. The van der Waals surface area contributed by atoms with Crippen LogP contribution in [0.1, 0.15) is 43.2 Å². The SMILES string of the molecule is C[C@H]1CNC[C@H](CCc2c(F)cccc2NC(=O)[C@@H](NC(=O)O)[C@@H](c2ccc(F)cc2)C2CCOCC2)N1S(=O)(=O)c1ccccc1. The van der Waals surface area contributed by atoms with E-state index in [0.29, 0.717) is 44.7 Å². The Hall–Kier alpha value is -3.91. The first-order valence-corrected chi connectivity index (χ1v) is 17.2. The number of piperazine rings is 1. The highest BCUT2D eigenvalue weighted by atomic mass is 32.2. The van der Waals surface area contributed by atoms with Gasteiger partial charge in [0.1, 0.15) is 17.7 Å². The van der Waals surface area contributed by atoms with Crippen LogP contribution >= 0.6 is 0 Å². The Morgan fingerprint density at radius 2 is 1.70 bits per heavy atom. The quantitative estimate of drug-likeness (QED) is 0.232. The molecule has 3 aromatic carbocycles. The van der Waals surface area contributed by atoms with Crippen LogP contribution in [-0.2, 0) is 26.0 Å². The van der Waals surface area contributed by atoms with Crippen LogP contribution < -0.4 is 16.0 Å². The molecule has 2 aliphatic rings. The smallest absolute Gasteiger partial charge is 0.405 e. The Morgan fingerprint density at radius 1 is 1.00 bits per heavy atom. The summed E-state index contributed by atoms with van der Waals surface area (Å²) in [6.07, 6.45) is 0.0657. The van der Waals surface area contributed by atoms with Crippen molar-refractivity contribution in [1.82, 2.24) is 14.9 Å². The second-order valence-corrected chi connectivity index (χ2v) is 13.9. The third-order valence-corrected chi connectivity index (χ3v) is 11.1. The zero-order valence-corrected chi connectivity index (χ0v) is 26.9. The third-order valence-electron chi connectivity index (χ3n) is 8.99. The molecule has 3 aromatic rings. The average molecular weight is 671 g/mol. The molecule has 5 rings (SSSR count). The van der Waals surface area contributed by atoms with Crippen molar-refractivity contribution in [1.29, 1.82) is 0 Å². The Bertz CT molecular complexity index is 1640. The first-order valence-electron chi connectivity index (χ1n) is 15.8. The molecular weight excluding hydrogens is 630 g/mol. The number of carbonyl (C=O) groups excluding carboxylic acids is 1. The van der Waals surface area contributed by atoms with E-state index in [1.807, 2.05) is 6.92 Å². The Kier molecular flexibility index (Phi) is 11.2. The maximum Gasteiger partial charge on any atom is 0.405 e. The lowest BCUT2D eigenvalue weighted by molar-refractivity contribution is -0.119. The topological polar surface area (TPSA) is 137 Å². The molecule has 4 atom stereocenters.